The number of rotatable bonds is 6. The quantitative estimate of drug-likeness (QED) is 0.559. The van der Waals surface area contributed by atoms with Gasteiger partial charge < -0.3 is 15.1 Å². The van der Waals surface area contributed by atoms with E-state index in [1.54, 1.807) is 4.90 Å². The highest BCUT2D eigenvalue weighted by Crippen LogP contribution is 2.21. The van der Waals surface area contributed by atoms with E-state index in [2.05, 4.69) is 0 Å². The van der Waals surface area contributed by atoms with Crippen LogP contribution in [0.1, 0.15) is 25.7 Å². The summed E-state index contributed by atoms with van der Waals surface area (Å²) in [6, 6.07) is 0. The SMILES string of the molecule is NS(=O)(=O)CCCC(=O)N1CCC(C(O)CO)CC1. The van der Waals surface area contributed by atoms with Crippen molar-refractivity contribution < 1.29 is 23.4 Å². The van der Waals surface area contributed by atoms with E-state index in [1.165, 1.54) is 0 Å². The van der Waals surface area contributed by atoms with E-state index < -0.39 is 16.1 Å². The number of likely N-dealkylation sites (tertiary alicyclic amines) is 1. The molecule has 1 unspecified atom stereocenters. The van der Waals surface area contributed by atoms with Crippen LogP contribution in [-0.2, 0) is 14.8 Å². The minimum atomic E-state index is -3.51. The van der Waals surface area contributed by atoms with Crippen LogP contribution in [0.3, 0.4) is 0 Å². The summed E-state index contributed by atoms with van der Waals surface area (Å²) in [7, 11) is -3.51. The largest absolute Gasteiger partial charge is 0.394 e. The van der Waals surface area contributed by atoms with Crippen LogP contribution in [-0.4, -0.2) is 61.0 Å². The van der Waals surface area contributed by atoms with E-state index >= 15 is 0 Å². The highest BCUT2D eigenvalue weighted by Gasteiger charge is 2.26. The van der Waals surface area contributed by atoms with Gasteiger partial charge in [-0.05, 0) is 25.2 Å². The van der Waals surface area contributed by atoms with Gasteiger partial charge in [0.05, 0.1) is 18.5 Å². The molecule has 0 saturated carbocycles. The lowest BCUT2D eigenvalue weighted by Gasteiger charge is -2.33. The lowest BCUT2D eigenvalue weighted by molar-refractivity contribution is -0.133. The Morgan fingerprint density at radius 3 is 2.42 bits per heavy atom. The second-order valence-electron chi connectivity index (χ2n) is 4.94. The molecule has 0 radical (unpaired) electrons. The number of nitrogens with two attached hydrogens (primary N) is 1. The number of nitrogens with zero attached hydrogens (tertiary/aromatic N) is 1. The number of carbonyl (C=O) groups excluding carboxylic acids is 1. The molecule has 0 aromatic carbocycles. The van der Waals surface area contributed by atoms with Gasteiger partial charge in [-0.1, -0.05) is 0 Å². The lowest BCUT2D eigenvalue weighted by atomic mass is 9.91. The molecule has 0 aliphatic carbocycles. The molecule has 0 aromatic heterocycles. The molecule has 1 amide bonds. The smallest absolute Gasteiger partial charge is 0.222 e. The first-order valence-corrected chi connectivity index (χ1v) is 8.12. The molecule has 19 heavy (non-hydrogen) atoms. The number of amides is 1. The number of hydrogen-bond acceptors (Lipinski definition) is 5. The second-order valence-corrected chi connectivity index (χ2v) is 6.67. The van der Waals surface area contributed by atoms with Crippen molar-refractivity contribution in [2.75, 3.05) is 25.4 Å². The second kappa shape index (κ2) is 7.18. The summed E-state index contributed by atoms with van der Waals surface area (Å²) in [6.07, 6.45) is 0.992. The van der Waals surface area contributed by atoms with Gasteiger partial charge in [0.15, 0.2) is 0 Å². The Morgan fingerprint density at radius 1 is 1.37 bits per heavy atom. The van der Waals surface area contributed by atoms with Crippen molar-refractivity contribution in [3.63, 3.8) is 0 Å². The average Bonchev–Trinajstić information content (AvgIpc) is 2.36. The molecule has 1 heterocycles. The van der Waals surface area contributed by atoms with Gasteiger partial charge in [-0.3, -0.25) is 4.79 Å². The van der Waals surface area contributed by atoms with Gasteiger partial charge in [0, 0.05) is 19.5 Å². The van der Waals surface area contributed by atoms with Crippen molar-refractivity contribution in [2.45, 2.75) is 31.8 Å². The molecular weight excluding hydrogens is 272 g/mol. The Hall–Kier alpha value is -0.700. The van der Waals surface area contributed by atoms with Crippen molar-refractivity contribution in [3.8, 4) is 0 Å². The normalized spacial score (nSPS) is 19.4. The molecule has 1 aliphatic heterocycles. The van der Waals surface area contributed by atoms with Crippen molar-refractivity contribution in [2.24, 2.45) is 11.1 Å². The van der Waals surface area contributed by atoms with Crippen LogP contribution in [0.4, 0.5) is 0 Å². The molecule has 7 nitrogen and oxygen atoms in total. The number of aliphatic hydroxyl groups is 2. The van der Waals surface area contributed by atoms with E-state index in [9.17, 15) is 18.3 Å². The fraction of sp³-hybridized carbons (Fsp3) is 0.909. The summed E-state index contributed by atoms with van der Waals surface area (Å²) >= 11 is 0. The summed E-state index contributed by atoms with van der Waals surface area (Å²) in [5.41, 5.74) is 0. The van der Waals surface area contributed by atoms with Crippen molar-refractivity contribution in [3.05, 3.63) is 0 Å². The fourth-order valence-corrected chi connectivity index (χ4v) is 2.81. The molecule has 1 atom stereocenters. The maximum Gasteiger partial charge on any atom is 0.222 e. The zero-order valence-corrected chi connectivity index (χ0v) is 11.7. The lowest BCUT2D eigenvalue weighted by Crippen LogP contribution is -2.42. The first kappa shape index (κ1) is 16.4. The van der Waals surface area contributed by atoms with Crippen LogP contribution >= 0.6 is 0 Å². The standard InChI is InChI=1S/C11H22N2O5S/c12-19(17,18)7-1-2-11(16)13-5-3-9(4-6-13)10(15)8-14/h9-10,14-15H,1-8H2,(H2,12,17,18). The predicted octanol–water partition coefficient (Wildman–Crippen LogP) is -1.35. The van der Waals surface area contributed by atoms with Crippen LogP contribution in [0.15, 0.2) is 0 Å². The number of carbonyl (C=O) groups is 1. The Bertz CT molecular complexity index is 390. The molecule has 4 N–H and O–H groups in total. The Kier molecular flexibility index (Phi) is 6.18. The first-order chi connectivity index (χ1) is 8.83. The molecule has 0 bridgehead atoms. The monoisotopic (exact) mass is 294 g/mol. The summed E-state index contributed by atoms with van der Waals surface area (Å²) in [5, 5.41) is 23.2. The summed E-state index contributed by atoms with van der Waals surface area (Å²) in [6.45, 7) is 0.818. The van der Waals surface area contributed by atoms with Gasteiger partial charge in [-0.15, -0.1) is 0 Å². The van der Waals surface area contributed by atoms with Crippen LogP contribution in [0.5, 0.6) is 0 Å². The molecule has 1 fully saturated rings. The average molecular weight is 294 g/mol. The van der Waals surface area contributed by atoms with E-state index in [0.717, 1.165) is 0 Å². The van der Waals surface area contributed by atoms with Gasteiger partial charge in [-0.25, -0.2) is 13.6 Å². The van der Waals surface area contributed by atoms with Crippen LogP contribution in [0.2, 0.25) is 0 Å². The maximum atomic E-state index is 11.8. The van der Waals surface area contributed by atoms with Gasteiger partial charge >= 0.3 is 0 Å². The van der Waals surface area contributed by atoms with Gasteiger partial charge in [-0.2, -0.15) is 0 Å². The molecule has 1 saturated heterocycles. The molecule has 1 aliphatic rings. The Balaban J connectivity index is 2.29. The summed E-state index contributed by atoms with van der Waals surface area (Å²) in [5.74, 6) is -0.239. The zero-order chi connectivity index (χ0) is 14.5. The number of primary sulfonamides is 1. The van der Waals surface area contributed by atoms with Crippen molar-refractivity contribution in [1.29, 1.82) is 0 Å². The first-order valence-electron chi connectivity index (χ1n) is 6.40. The Morgan fingerprint density at radius 2 is 1.95 bits per heavy atom. The Labute approximate surface area is 113 Å². The molecule has 0 aromatic rings. The third-order valence-electron chi connectivity index (χ3n) is 3.44. The predicted molar refractivity (Wildman–Crippen MR) is 69.6 cm³/mol. The van der Waals surface area contributed by atoms with E-state index in [-0.39, 0.29) is 37.0 Å². The third-order valence-corrected chi connectivity index (χ3v) is 4.30. The molecule has 1 rings (SSSR count). The minimum absolute atomic E-state index is 0.0264. The molecule has 8 heteroatoms. The number of hydrogen-bond donors (Lipinski definition) is 3. The number of sulfonamides is 1. The summed E-state index contributed by atoms with van der Waals surface area (Å²) < 4.78 is 21.5. The summed E-state index contributed by atoms with van der Waals surface area (Å²) in [4.78, 5) is 13.5. The van der Waals surface area contributed by atoms with Gasteiger partial charge in [0.25, 0.3) is 0 Å². The maximum absolute atomic E-state index is 11.8. The fourth-order valence-electron chi connectivity index (χ4n) is 2.27. The van der Waals surface area contributed by atoms with Crippen LogP contribution in [0.25, 0.3) is 0 Å². The molecule has 112 valence electrons. The molecular formula is C11H22N2O5S. The zero-order valence-electron chi connectivity index (χ0n) is 10.9. The van der Waals surface area contributed by atoms with E-state index in [0.29, 0.717) is 25.9 Å². The third kappa shape index (κ3) is 5.85. The molecule has 0 spiro atoms. The van der Waals surface area contributed by atoms with Crippen molar-refractivity contribution >= 4 is 15.9 Å². The van der Waals surface area contributed by atoms with Crippen LogP contribution < -0.4 is 5.14 Å². The van der Waals surface area contributed by atoms with Gasteiger partial charge in [0.2, 0.25) is 15.9 Å². The topological polar surface area (TPSA) is 121 Å². The highest BCUT2D eigenvalue weighted by molar-refractivity contribution is 7.89. The van der Waals surface area contributed by atoms with Crippen LogP contribution in [0, 0.1) is 5.92 Å². The van der Waals surface area contributed by atoms with E-state index in [4.69, 9.17) is 10.2 Å². The highest BCUT2D eigenvalue weighted by atomic mass is 32.2. The minimum Gasteiger partial charge on any atom is -0.394 e. The van der Waals surface area contributed by atoms with Gasteiger partial charge in [0.1, 0.15) is 0 Å². The number of aliphatic hydroxyl groups excluding tert-OH is 2. The number of piperidine rings is 1. The van der Waals surface area contributed by atoms with Crippen molar-refractivity contribution in [1.82, 2.24) is 4.90 Å². The van der Waals surface area contributed by atoms with E-state index in [1.807, 2.05) is 0 Å².